The second kappa shape index (κ2) is 6.38. The molecular formula is C16H12N4O3S3. The van der Waals surface area contributed by atoms with Gasteiger partial charge in [0.25, 0.3) is 0 Å². The van der Waals surface area contributed by atoms with Crippen LogP contribution in [0.15, 0.2) is 41.3 Å². The molecular weight excluding hydrogens is 392 g/mol. The number of benzene rings is 2. The van der Waals surface area contributed by atoms with Crippen LogP contribution in [0.1, 0.15) is 5.56 Å². The van der Waals surface area contributed by atoms with Crippen LogP contribution in [0.2, 0.25) is 0 Å². The molecule has 0 atom stereocenters. The van der Waals surface area contributed by atoms with E-state index in [1.54, 1.807) is 12.1 Å². The summed E-state index contributed by atoms with van der Waals surface area (Å²) in [5.74, 6) is -1.32. The van der Waals surface area contributed by atoms with Gasteiger partial charge >= 0.3 is 0 Å². The van der Waals surface area contributed by atoms with Crippen LogP contribution < -0.4 is 5.32 Å². The molecule has 2 aromatic heterocycles. The number of hydrogen-bond donors (Lipinski definition) is 1. The van der Waals surface area contributed by atoms with E-state index in [2.05, 4.69) is 19.0 Å². The topological polar surface area (TPSA) is 102 Å². The minimum atomic E-state index is -3.84. The lowest BCUT2D eigenvalue weighted by Crippen LogP contribution is -2.23. The lowest BCUT2D eigenvalue weighted by molar-refractivity contribution is -0.113. The smallest absolute Gasteiger partial charge is 0.241 e. The lowest BCUT2D eigenvalue weighted by Gasteiger charge is -2.04. The fraction of sp³-hybridized carbons (Fsp3) is 0.125. The molecule has 0 unspecified atom stereocenters. The number of thiazole rings is 1. The Balaban J connectivity index is 1.57. The van der Waals surface area contributed by atoms with Gasteiger partial charge in [-0.25, -0.2) is 13.4 Å². The van der Waals surface area contributed by atoms with Gasteiger partial charge in [0, 0.05) is 0 Å². The molecule has 26 heavy (non-hydrogen) atoms. The lowest BCUT2D eigenvalue weighted by atomic mass is 10.2. The molecule has 0 fully saturated rings. The van der Waals surface area contributed by atoms with Gasteiger partial charge in [-0.2, -0.15) is 8.75 Å². The van der Waals surface area contributed by atoms with Crippen molar-refractivity contribution in [3.63, 3.8) is 0 Å². The third-order valence-electron chi connectivity index (χ3n) is 3.70. The van der Waals surface area contributed by atoms with Crippen LogP contribution in [0.4, 0.5) is 5.13 Å². The van der Waals surface area contributed by atoms with Crippen molar-refractivity contribution >= 4 is 65.2 Å². The van der Waals surface area contributed by atoms with Crippen molar-refractivity contribution in [3.8, 4) is 0 Å². The van der Waals surface area contributed by atoms with E-state index in [0.29, 0.717) is 16.2 Å². The van der Waals surface area contributed by atoms with Gasteiger partial charge in [0.05, 0.1) is 26.8 Å². The van der Waals surface area contributed by atoms with Crippen molar-refractivity contribution < 1.29 is 13.2 Å². The molecule has 1 amide bonds. The molecule has 0 aliphatic heterocycles. The van der Waals surface area contributed by atoms with E-state index < -0.39 is 21.5 Å². The highest BCUT2D eigenvalue weighted by molar-refractivity contribution is 7.92. The average molecular weight is 404 g/mol. The third-order valence-corrected chi connectivity index (χ3v) is 6.81. The van der Waals surface area contributed by atoms with Crippen LogP contribution in [0.3, 0.4) is 0 Å². The summed E-state index contributed by atoms with van der Waals surface area (Å²) in [7, 11) is -3.84. The van der Waals surface area contributed by atoms with Gasteiger partial charge in [-0.05, 0) is 36.8 Å². The zero-order chi connectivity index (χ0) is 18.3. The largest absolute Gasteiger partial charge is 0.301 e. The zero-order valence-electron chi connectivity index (χ0n) is 13.5. The Morgan fingerprint density at radius 2 is 2.00 bits per heavy atom. The van der Waals surface area contributed by atoms with E-state index in [1.165, 1.54) is 17.4 Å². The van der Waals surface area contributed by atoms with Gasteiger partial charge in [-0.1, -0.05) is 23.5 Å². The number of nitrogens with one attached hydrogen (secondary N) is 1. The predicted octanol–water partition coefficient (Wildman–Crippen LogP) is 3.02. The number of fused-ring (bicyclic) bond motifs is 2. The van der Waals surface area contributed by atoms with Crippen molar-refractivity contribution in [2.24, 2.45) is 0 Å². The van der Waals surface area contributed by atoms with Crippen molar-refractivity contribution in [2.75, 3.05) is 11.1 Å². The Kier molecular flexibility index (Phi) is 4.17. The monoisotopic (exact) mass is 404 g/mol. The predicted molar refractivity (Wildman–Crippen MR) is 102 cm³/mol. The van der Waals surface area contributed by atoms with Gasteiger partial charge in [-0.3, -0.25) is 4.79 Å². The summed E-state index contributed by atoms with van der Waals surface area (Å²) in [6.07, 6.45) is 0. The molecule has 7 nitrogen and oxygen atoms in total. The molecule has 10 heteroatoms. The molecule has 2 aromatic carbocycles. The molecule has 2 heterocycles. The summed E-state index contributed by atoms with van der Waals surface area (Å²) in [4.78, 5) is 16.6. The van der Waals surface area contributed by atoms with Crippen molar-refractivity contribution in [1.82, 2.24) is 13.7 Å². The fourth-order valence-corrected chi connectivity index (χ4v) is 5.41. The van der Waals surface area contributed by atoms with E-state index >= 15 is 0 Å². The summed E-state index contributed by atoms with van der Waals surface area (Å²) >= 11 is 2.24. The standard InChI is InChI=1S/C16H12N4O3S3/c1-9-5-6-10-12(7-9)24-16(17-10)18-14(21)8-26(22,23)13-4-2-3-11-15(13)20-25-19-11/h2-7H,8H2,1H3,(H,17,18,21). The first kappa shape index (κ1) is 17.0. The molecule has 0 saturated carbocycles. The van der Waals surface area contributed by atoms with E-state index in [0.717, 1.165) is 27.5 Å². The third kappa shape index (κ3) is 3.18. The van der Waals surface area contributed by atoms with E-state index in [-0.39, 0.29) is 4.90 Å². The minimum absolute atomic E-state index is 0.0128. The highest BCUT2D eigenvalue weighted by Gasteiger charge is 2.24. The van der Waals surface area contributed by atoms with Crippen LogP contribution in [0.25, 0.3) is 21.3 Å². The maximum atomic E-state index is 12.6. The van der Waals surface area contributed by atoms with Crippen LogP contribution in [0, 0.1) is 6.92 Å². The Morgan fingerprint density at radius 3 is 2.85 bits per heavy atom. The zero-order valence-corrected chi connectivity index (χ0v) is 15.9. The highest BCUT2D eigenvalue weighted by Crippen LogP contribution is 2.27. The van der Waals surface area contributed by atoms with Gasteiger partial charge < -0.3 is 5.32 Å². The van der Waals surface area contributed by atoms with E-state index in [4.69, 9.17) is 0 Å². The van der Waals surface area contributed by atoms with Crippen LogP contribution in [-0.2, 0) is 14.6 Å². The van der Waals surface area contributed by atoms with Gasteiger partial charge in [0.15, 0.2) is 15.0 Å². The first-order chi connectivity index (χ1) is 12.4. The Labute approximate surface area is 157 Å². The Bertz CT molecular complexity index is 1240. The van der Waals surface area contributed by atoms with Crippen LogP contribution in [0.5, 0.6) is 0 Å². The number of carbonyl (C=O) groups is 1. The number of carbonyl (C=O) groups excluding carboxylic acids is 1. The van der Waals surface area contributed by atoms with Gasteiger partial charge in [-0.15, -0.1) is 0 Å². The SMILES string of the molecule is Cc1ccc2nc(NC(=O)CS(=O)(=O)c3cccc4nsnc34)sc2c1. The van der Waals surface area contributed by atoms with Crippen molar-refractivity contribution in [1.29, 1.82) is 0 Å². The minimum Gasteiger partial charge on any atom is -0.301 e. The van der Waals surface area contributed by atoms with Crippen LogP contribution >= 0.6 is 23.1 Å². The Morgan fingerprint density at radius 1 is 1.15 bits per heavy atom. The number of hydrogen-bond acceptors (Lipinski definition) is 8. The second-order valence-electron chi connectivity index (χ2n) is 5.69. The molecule has 4 aromatic rings. The summed E-state index contributed by atoms with van der Waals surface area (Å²) < 4.78 is 34.2. The molecule has 0 bridgehead atoms. The van der Waals surface area contributed by atoms with E-state index in [9.17, 15) is 13.2 Å². The maximum Gasteiger partial charge on any atom is 0.241 e. The molecule has 0 saturated heterocycles. The molecule has 0 radical (unpaired) electrons. The van der Waals surface area contributed by atoms with Crippen molar-refractivity contribution in [3.05, 3.63) is 42.0 Å². The normalized spacial score (nSPS) is 11.9. The fourth-order valence-electron chi connectivity index (χ4n) is 2.52. The second-order valence-corrected chi connectivity index (χ2v) is 9.20. The summed E-state index contributed by atoms with van der Waals surface area (Å²) in [6, 6.07) is 10.5. The molecule has 0 aliphatic rings. The maximum absolute atomic E-state index is 12.6. The van der Waals surface area contributed by atoms with Gasteiger partial charge in [0.2, 0.25) is 5.91 Å². The molecule has 4 rings (SSSR count). The first-order valence-electron chi connectivity index (χ1n) is 7.53. The highest BCUT2D eigenvalue weighted by atomic mass is 32.2. The summed E-state index contributed by atoms with van der Waals surface area (Å²) in [5.41, 5.74) is 2.64. The number of anilines is 1. The molecule has 132 valence electrons. The van der Waals surface area contributed by atoms with Gasteiger partial charge in [0.1, 0.15) is 16.8 Å². The molecule has 0 spiro atoms. The number of nitrogens with zero attached hydrogens (tertiary/aromatic N) is 3. The summed E-state index contributed by atoms with van der Waals surface area (Å²) in [5, 5.41) is 2.95. The van der Waals surface area contributed by atoms with E-state index in [1.807, 2.05) is 25.1 Å². The molecule has 1 N–H and O–H groups in total. The van der Waals surface area contributed by atoms with Crippen molar-refractivity contribution in [2.45, 2.75) is 11.8 Å². The van der Waals surface area contributed by atoms with Crippen LogP contribution in [-0.4, -0.2) is 33.8 Å². The number of aromatic nitrogens is 3. The number of rotatable bonds is 4. The Hall–Kier alpha value is -2.43. The molecule has 0 aliphatic carbocycles. The number of amides is 1. The quantitative estimate of drug-likeness (QED) is 0.561. The number of aryl methyl sites for hydroxylation is 1. The number of sulfone groups is 1. The average Bonchev–Trinajstić information content (AvgIpc) is 3.19. The summed E-state index contributed by atoms with van der Waals surface area (Å²) in [6.45, 7) is 1.97. The first-order valence-corrected chi connectivity index (χ1v) is 10.7.